The molecule has 0 amide bonds. The van der Waals surface area contributed by atoms with Crippen molar-refractivity contribution in [3.63, 3.8) is 0 Å². The number of carbonyl (C=O) groups is 1. The Hall–Kier alpha value is -2.35. The van der Waals surface area contributed by atoms with Gasteiger partial charge in [-0.1, -0.05) is 12.2 Å². The molecule has 2 rings (SSSR count). The van der Waals surface area contributed by atoms with Gasteiger partial charge in [-0.3, -0.25) is 4.79 Å². The molecule has 136 valence electrons. The van der Waals surface area contributed by atoms with Crippen LogP contribution in [0.2, 0.25) is 0 Å². The fraction of sp³-hybridized carbons (Fsp3) is 0.471. The minimum atomic E-state index is -0.800. The van der Waals surface area contributed by atoms with E-state index in [0.717, 1.165) is 28.0 Å². The van der Waals surface area contributed by atoms with E-state index >= 15 is 0 Å². The SMILES string of the molecule is CC(=O)Oc1c(C)c(C)c2c(c1C)CCC(C)(N(C=S)N=C(N)N)O2. The molecule has 0 spiro atoms. The molecule has 0 aromatic heterocycles. The summed E-state index contributed by atoms with van der Waals surface area (Å²) in [5.41, 5.74) is 15.3. The number of esters is 1. The lowest BCUT2D eigenvalue weighted by molar-refractivity contribution is -0.132. The van der Waals surface area contributed by atoms with Crippen molar-refractivity contribution in [3.05, 3.63) is 22.3 Å². The molecule has 1 aliphatic heterocycles. The van der Waals surface area contributed by atoms with Crippen LogP contribution in [0.3, 0.4) is 0 Å². The highest BCUT2D eigenvalue weighted by atomic mass is 32.1. The average Bonchev–Trinajstić information content (AvgIpc) is 2.54. The minimum absolute atomic E-state index is 0.0917. The van der Waals surface area contributed by atoms with E-state index in [-0.39, 0.29) is 11.9 Å². The first-order valence-corrected chi connectivity index (χ1v) is 8.42. The van der Waals surface area contributed by atoms with Crippen LogP contribution in [0.1, 0.15) is 42.5 Å². The molecule has 1 aromatic carbocycles. The van der Waals surface area contributed by atoms with Gasteiger partial charge in [-0.15, -0.1) is 5.10 Å². The second kappa shape index (κ2) is 6.87. The Morgan fingerprint density at radius 2 is 1.96 bits per heavy atom. The quantitative estimate of drug-likeness (QED) is 0.210. The molecule has 1 aromatic rings. The Kier molecular flexibility index (Phi) is 5.22. The van der Waals surface area contributed by atoms with Crippen molar-refractivity contribution in [2.75, 3.05) is 0 Å². The highest BCUT2D eigenvalue weighted by molar-refractivity contribution is 7.78. The van der Waals surface area contributed by atoms with Gasteiger partial charge in [0.05, 0.1) is 5.49 Å². The van der Waals surface area contributed by atoms with Crippen molar-refractivity contribution in [2.24, 2.45) is 16.6 Å². The standard InChI is InChI=1S/C17H24N4O3S/c1-9-10(2)15-13(11(3)14(9)23-12(4)22)6-7-17(5,24-15)21(8-25)20-16(18)19/h8H,6-7H2,1-5H3,(H4,18,19,20). The Morgan fingerprint density at radius 1 is 1.32 bits per heavy atom. The number of carbonyl (C=O) groups excluding carboxylic acids is 1. The van der Waals surface area contributed by atoms with Crippen LogP contribution in [0.5, 0.6) is 11.5 Å². The van der Waals surface area contributed by atoms with Gasteiger partial charge < -0.3 is 20.9 Å². The summed E-state index contributed by atoms with van der Waals surface area (Å²) in [6, 6.07) is 0. The molecule has 1 atom stereocenters. The molecule has 8 heteroatoms. The number of nitrogens with two attached hydrogens (primary N) is 2. The normalized spacial score (nSPS) is 18.6. The predicted octanol–water partition coefficient (Wildman–Crippen LogP) is 2.03. The fourth-order valence-corrected chi connectivity index (χ4v) is 3.32. The molecule has 25 heavy (non-hydrogen) atoms. The average molecular weight is 364 g/mol. The van der Waals surface area contributed by atoms with Gasteiger partial charge in [-0.2, -0.15) is 0 Å². The maximum atomic E-state index is 11.4. The van der Waals surface area contributed by atoms with Crippen molar-refractivity contribution in [1.82, 2.24) is 5.01 Å². The molecule has 0 saturated heterocycles. The second-order valence-corrected chi connectivity index (χ2v) is 6.57. The summed E-state index contributed by atoms with van der Waals surface area (Å²) in [5, 5.41) is 5.51. The van der Waals surface area contributed by atoms with Crippen LogP contribution in [0, 0.1) is 20.8 Å². The molecule has 1 heterocycles. The molecule has 0 fully saturated rings. The first-order chi connectivity index (χ1) is 11.6. The predicted molar refractivity (Wildman–Crippen MR) is 101 cm³/mol. The summed E-state index contributed by atoms with van der Waals surface area (Å²) in [6.07, 6.45) is 1.33. The number of rotatable bonds is 4. The number of benzene rings is 1. The summed E-state index contributed by atoms with van der Waals surface area (Å²) >= 11 is 5.04. The highest BCUT2D eigenvalue weighted by Gasteiger charge is 2.39. The van der Waals surface area contributed by atoms with Crippen molar-refractivity contribution in [3.8, 4) is 11.5 Å². The maximum Gasteiger partial charge on any atom is 0.308 e. The van der Waals surface area contributed by atoms with E-state index in [1.165, 1.54) is 17.4 Å². The van der Waals surface area contributed by atoms with Gasteiger partial charge in [0.2, 0.25) is 11.7 Å². The molecule has 0 radical (unpaired) electrons. The van der Waals surface area contributed by atoms with Gasteiger partial charge in [0.1, 0.15) is 11.5 Å². The van der Waals surface area contributed by atoms with Crippen LogP contribution in [0.15, 0.2) is 5.10 Å². The smallest absolute Gasteiger partial charge is 0.308 e. The molecule has 1 unspecified atom stereocenters. The molecule has 1 aliphatic rings. The van der Waals surface area contributed by atoms with E-state index in [1.54, 1.807) is 0 Å². The summed E-state index contributed by atoms with van der Waals surface area (Å²) in [7, 11) is 0. The van der Waals surface area contributed by atoms with Gasteiger partial charge in [-0.05, 0) is 50.8 Å². The van der Waals surface area contributed by atoms with Crippen LogP contribution in [0.25, 0.3) is 0 Å². The van der Waals surface area contributed by atoms with Gasteiger partial charge in [-0.25, -0.2) is 5.01 Å². The number of fused-ring (bicyclic) bond motifs is 1. The largest absolute Gasteiger partial charge is 0.466 e. The van der Waals surface area contributed by atoms with E-state index < -0.39 is 5.72 Å². The van der Waals surface area contributed by atoms with Crippen LogP contribution in [-0.2, 0) is 11.2 Å². The lowest BCUT2D eigenvalue weighted by Gasteiger charge is -2.41. The first-order valence-electron chi connectivity index (χ1n) is 7.95. The van der Waals surface area contributed by atoms with E-state index in [9.17, 15) is 4.79 Å². The summed E-state index contributed by atoms with van der Waals surface area (Å²) in [6.45, 7) is 9.06. The summed E-state index contributed by atoms with van der Waals surface area (Å²) in [4.78, 5) is 11.4. The van der Waals surface area contributed by atoms with Crippen molar-refractivity contribution >= 4 is 29.6 Å². The maximum absolute atomic E-state index is 11.4. The third-order valence-corrected chi connectivity index (χ3v) is 4.72. The number of ether oxygens (including phenoxy) is 2. The van der Waals surface area contributed by atoms with E-state index in [4.69, 9.17) is 33.2 Å². The number of thiocarbonyl (C=S) groups is 1. The summed E-state index contributed by atoms with van der Waals surface area (Å²) < 4.78 is 11.7. The molecular formula is C17H24N4O3S. The van der Waals surface area contributed by atoms with E-state index in [1.807, 2.05) is 27.7 Å². The second-order valence-electron chi connectivity index (χ2n) is 6.36. The summed E-state index contributed by atoms with van der Waals surface area (Å²) in [5.74, 6) is 0.928. The number of hydrazone groups is 1. The lowest BCUT2D eigenvalue weighted by Crippen LogP contribution is -2.51. The number of hydrogen-bond donors (Lipinski definition) is 2. The molecule has 0 bridgehead atoms. The van der Waals surface area contributed by atoms with Crippen LogP contribution >= 0.6 is 12.2 Å². The number of hydrogen-bond acceptors (Lipinski definition) is 5. The van der Waals surface area contributed by atoms with Crippen molar-refractivity contribution in [2.45, 2.75) is 53.2 Å². The minimum Gasteiger partial charge on any atom is -0.466 e. The van der Waals surface area contributed by atoms with Gasteiger partial charge in [0, 0.05) is 18.9 Å². The Balaban J connectivity index is 2.53. The van der Waals surface area contributed by atoms with Crippen LogP contribution in [-0.4, -0.2) is 28.2 Å². The highest BCUT2D eigenvalue weighted by Crippen LogP contribution is 2.44. The zero-order valence-electron chi connectivity index (χ0n) is 15.2. The van der Waals surface area contributed by atoms with Crippen molar-refractivity contribution in [1.29, 1.82) is 0 Å². The molecule has 0 aliphatic carbocycles. The van der Waals surface area contributed by atoms with Gasteiger partial charge >= 0.3 is 5.97 Å². The molecule has 4 N–H and O–H groups in total. The topological polar surface area (TPSA) is 103 Å². The zero-order valence-corrected chi connectivity index (χ0v) is 16.0. The van der Waals surface area contributed by atoms with E-state index in [0.29, 0.717) is 18.6 Å². The molecule has 7 nitrogen and oxygen atoms in total. The number of nitrogens with zero attached hydrogens (tertiary/aromatic N) is 2. The third-order valence-electron chi connectivity index (χ3n) is 4.53. The Bertz CT molecular complexity index is 759. The van der Waals surface area contributed by atoms with E-state index in [2.05, 4.69) is 5.10 Å². The number of guanidine groups is 1. The Labute approximate surface area is 152 Å². The fourth-order valence-electron chi connectivity index (χ4n) is 3.05. The van der Waals surface area contributed by atoms with Crippen molar-refractivity contribution < 1.29 is 14.3 Å². The lowest BCUT2D eigenvalue weighted by atomic mass is 9.90. The molecule has 0 saturated carbocycles. The van der Waals surface area contributed by atoms with Crippen LogP contribution in [0.4, 0.5) is 0 Å². The monoisotopic (exact) mass is 364 g/mol. The van der Waals surface area contributed by atoms with Gasteiger partial charge in [0.25, 0.3) is 0 Å². The Morgan fingerprint density at radius 3 is 2.48 bits per heavy atom. The van der Waals surface area contributed by atoms with Gasteiger partial charge in [0.15, 0.2) is 0 Å². The zero-order chi connectivity index (χ0) is 18.9. The first kappa shape index (κ1) is 19.0. The third kappa shape index (κ3) is 3.53. The van der Waals surface area contributed by atoms with Crippen LogP contribution < -0.4 is 20.9 Å². The molecular weight excluding hydrogens is 340 g/mol.